The zero-order chi connectivity index (χ0) is 34.9. The minimum absolute atomic E-state index is 0.00814. The van der Waals surface area contributed by atoms with Crippen LogP contribution >= 0.6 is 10.5 Å². The summed E-state index contributed by atoms with van der Waals surface area (Å²) in [5, 5.41) is 0.749. The summed E-state index contributed by atoms with van der Waals surface area (Å²) in [5.74, 6) is 6.79. The Balaban J connectivity index is 0.00000144. The molecule has 1 aromatic heterocycles. The van der Waals surface area contributed by atoms with Gasteiger partial charge in [-0.1, -0.05) is 83.5 Å². The molecule has 3 aliphatic rings. The van der Waals surface area contributed by atoms with E-state index in [0.717, 1.165) is 58.4 Å². The second kappa shape index (κ2) is 16.6. The quantitative estimate of drug-likeness (QED) is 0.0806. The van der Waals surface area contributed by atoms with Crippen LogP contribution in [0.2, 0.25) is 0 Å². The number of nitrogens with zero attached hydrogens (tertiary/aromatic N) is 1. The molecule has 5 rings (SSSR count). The van der Waals surface area contributed by atoms with E-state index in [1.165, 1.54) is 17.6 Å². The fourth-order valence-corrected chi connectivity index (χ4v) is 10.4. The summed E-state index contributed by atoms with van der Waals surface area (Å²) in [5.41, 5.74) is 4.69. The van der Waals surface area contributed by atoms with Gasteiger partial charge in [-0.2, -0.15) is 0 Å². The first-order valence-electron chi connectivity index (χ1n) is 17.3. The lowest BCUT2D eigenvalue weighted by Crippen LogP contribution is -2.44. The molecule has 0 radical (unpaired) electrons. The number of allylic oxidation sites excluding steroid dienone is 4. The maximum absolute atomic E-state index is 12.2. The topological polar surface area (TPSA) is 42.6 Å². The zero-order valence-corrected chi connectivity index (χ0v) is 31.0. The third-order valence-electron chi connectivity index (χ3n) is 10.6. The van der Waals surface area contributed by atoms with Crippen LogP contribution in [0.15, 0.2) is 101 Å². The van der Waals surface area contributed by atoms with Crippen molar-refractivity contribution in [1.29, 1.82) is 0 Å². The first-order valence-corrected chi connectivity index (χ1v) is 18.6. The van der Waals surface area contributed by atoms with E-state index in [1.54, 1.807) is 6.26 Å². The number of rotatable bonds is 5. The molecule has 2 fully saturated rings. The SMILES string of the molecule is C#CC(=Nc1ccccc1C)/S(CC(=C)C1[C@H](C)CC2CCC3=CC(=O)C=CC3(C)C2CCC1(C)C)=C(/C)c1ccco1.C=C.CC. The first kappa shape index (κ1) is 38.0. The van der Waals surface area contributed by atoms with Crippen molar-refractivity contribution < 1.29 is 9.21 Å². The molecule has 0 bridgehead atoms. The highest BCUT2D eigenvalue weighted by Gasteiger charge is 2.49. The van der Waals surface area contributed by atoms with Crippen molar-refractivity contribution >= 4 is 31.9 Å². The molecule has 1 heterocycles. The smallest absolute Gasteiger partial charge is 0.178 e. The number of aliphatic imine (C=N–C) groups is 1. The van der Waals surface area contributed by atoms with Gasteiger partial charge in [0.15, 0.2) is 5.78 Å². The summed E-state index contributed by atoms with van der Waals surface area (Å²) in [4.78, 5) is 18.4. The molecule has 3 aliphatic carbocycles. The Morgan fingerprint density at radius 2 is 1.83 bits per heavy atom. The molecule has 3 nitrogen and oxygen atoms in total. The Bertz CT molecular complexity index is 1580. The largest absolute Gasteiger partial charge is 0.464 e. The van der Waals surface area contributed by atoms with Gasteiger partial charge < -0.3 is 4.42 Å². The van der Waals surface area contributed by atoms with E-state index in [1.807, 2.05) is 56.3 Å². The predicted octanol–water partition coefficient (Wildman–Crippen LogP) is 11.7. The van der Waals surface area contributed by atoms with E-state index in [0.29, 0.717) is 23.7 Å². The van der Waals surface area contributed by atoms with Gasteiger partial charge in [0.2, 0.25) is 0 Å². The Labute approximate surface area is 288 Å². The molecule has 4 heteroatoms. The second-order valence-electron chi connectivity index (χ2n) is 13.9. The molecule has 0 aliphatic heterocycles. The van der Waals surface area contributed by atoms with Crippen molar-refractivity contribution in [2.45, 2.75) is 87.5 Å². The van der Waals surface area contributed by atoms with Crippen LogP contribution in [0.1, 0.15) is 91.9 Å². The second-order valence-corrected chi connectivity index (χ2v) is 16.0. The minimum atomic E-state index is -0.470. The summed E-state index contributed by atoms with van der Waals surface area (Å²) >= 11 is 0. The van der Waals surface area contributed by atoms with Gasteiger partial charge in [-0.3, -0.25) is 4.79 Å². The lowest BCUT2D eigenvalue weighted by Gasteiger charge is -2.53. The number of carbonyl (C=O) groups is 1. The maximum atomic E-state index is 12.2. The van der Waals surface area contributed by atoms with Crippen LogP contribution < -0.4 is 0 Å². The fraction of sp³-hybridized carbons (Fsp3) is 0.465. The van der Waals surface area contributed by atoms with Crippen molar-refractivity contribution in [2.75, 3.05) is 5.75 Å². The zero-order valence-electron chi connectivity index (χ0n) is 30.2. The molecule has 252 valence electrons. The van der Waals surface area contributed by atoms with Crippen LogP contribution in [0.5, 0.6) is 0 Å². The van der Waals surface area contributed by atoms with E-state index < -0.39 is 10.5 Å². The Kier molecular flexibility index (Phi) is 13.4. The normalized spacial score (nSPS) is 27.4. The summed E-state index contributed by atoms with van der Waals surface area (Å²) in [7, 11) is -0.470. The van der Waals surface area contributed by atoms with Crippen LogP contribution in [0.3, 0.4) is 0 Å². The van der Waals surface area contributed by atoms with Gasteiger partial charge in [-0.15, -0.1) is 30.1 Å². The Morgan fingerprint density at radius 3 is 2.47 bits per heavy atom. The van der Waals surface area contributed by atoms with E-state index in [2.05, 4.69) is 72.8 Å². The number of carbonyl (C=O) groups excluding carboxylic acids is 1. The van der Waals surface area contributed by atoms with E-state index >= 15 is 0 Å². The van der Waals surface area contributed by atoms with Gasteiger partial charge in [0.1, 0.15) is 10.8 Å². The third kappa shape index (κ3) is 8.36. The predicted molar refractivity (Wildman–Crippen MR) is 207 cm³/mol. The third-order valence-corrected chi connectivity index (χ3v) is 12.9. The van der Waals surface area contributed by atoms with E-state index in [-0.39, 0.29) is 16.6 Å². The maximum Gasteiger partial charge on any atom is 0.178 e. The van der Waals surface area contributed by atoms with Crippen molar-refractivity contribution in [3.05, 3.63) is 103 Å². The fourth-order valence-electron chi connectivity index (χ4n) is 8.47. The lowest BCUT2D eigenvalue weighted by atomic mass is 9.52. The Hall–Kier alpha value is -3.42. The molecular formula is C43H57NO2S. The van der Waals surface area contributed by atoms with Crippen LogP contribution in [0.25, 0.3) is 0 Å². The number of hydrogen-bond donors (Lipinski definition) is 0. The van der Waals surface area contributed by atoms with Crippen LogP contribution in [-0.4, -0.2) is 21.4 Å². The molecule has 47 heavy (non-hydrogen) atoms. The molecule has 0 saturated heterocycles. The van der Waals surface area contributed by atoms with E-state index in [9.17, 15) is 4.79 Å². The van der Waals surface area contributed by atoms with Gasteiger partial charge in [0, 0.05) is 16.0 Å². The number of fused-ring (bicyclic) bond motifs is 3. The number of hydrogen-bond acceptors (Lipinski definition) is 3. The molecule has 2 saturated carbocycles. The van der Waals surface area contributed by atoms with Crippen LogP contribution in [0.4, 0.5) is 5.69 Å². The van der Waals surface area contributed by atoms with Gasteiger partial charge in [0.25, 0.3) is 0 Å². The number of furan rings is 1. The summed E-state index contributed by atoms with van der Waals surface area (Å²) in [6.07, 6.45) is 19.6. The van der Waals surface area contributed by atoms with Crippen molar-refractivity contribution in [1.82, 2.24) is 0 Å². The molecule has 2 aromatic rings. The van der Waals surface area contributed by atoms with Crippen molar-refractivity contribution in [3.63, 3.8) is 0 Å². The number of benzene rings is 1. The molecule has 0 spiro atoms. The summed E-state index contributed by atoms with van der Waals surface area (Å²) in [6.45, 7) is 28.7. The highest BCUT2D eigenvalue weighted by molar-refractivity contribution is 8.29. The van der Waals surface area contributed by atoms with Crippen molar-refractivity contribution in [2.24, 2.45) is 39.5 Å². The van der Waals surface area contributed by atoms with Crippen LogP contribution in [0, 0.1) is 53.8 Å². The summed E-state index contributed by atoms with van der Waals surface area (Å²) in [6, 6.07) is 12.1. The molecule has 6 atom stereocenters. The van der Waals surface area contributed by atoms with Gasteiger partial charge in [0.05, 0.1) is 12.0 Å². The van der Waals surface area contributed by atoms with Gasteiger partial charge in [-0.05, 0) is 117 Å². The number of aryl methyl sites for hydroxylation is 1. The van der Waals surface area contributed by atoms with Gasteiger partial charge >= 0.3 is 0 Å². The minimum Gasteiger partial charge on any atom is -0.464 e. The summed E-state index contributed by atoms with van der Waals surface area (Å²) < 4.78 is 5.87. The molecule has 5 unspecified atom stereocenters. The number of ketones is 1. The highest BCUT2D eigenvalue weighted by Crippen LogP contribution is 2.58. The number of terminal acetylenes is 1. The molecule has 0 amide bonds. The van der Waals surface area contributed by atoms with Crippen molar-refractivity contribution in [3.8, 4) is 12.3 Å². The average Bonchev–Trinajstić information content (AvgIpc) is 3.60. The standard InChI is InChI=1S/C39H47NO2S.C2H6.C2H4/c1-9-36(40-34-14-11-10-13-26(34)2)43(29(5)35-15-12-22-42-35)25-28(4)37-27(3)23-30-16-17-31-24-32(41)18-21-39(31,8)33(30)19-20-38(37,6)7;2*1-2/h1,10-15,18,21-22,24,27,30,33,37H,4,16-17,19-20,23,25H2,2-3,5-8H3;1-2H3;1-2H2/t27-,30?,33?,37?,39?,43?;;/m1../s1. The number of para-hydroxylation sites is 1. The van der Waals surface area contributed by atoms with Crippen LogP contribution in [-0.2, 0) is 4.79 Å². The molecule has 1 aromatic carbocycles. The van der Waals surface area contributed by atoms with Gasteiger partial charge in [-0.25, -0.2) is 4.99 Å². The monoisotopic (exact) mass is 651 g/mol. The first-order chi connectivity index (χ1) is 22.4. The Morgan fingerprint density at radius 1 is 1.13 bits per heavy atom. The molecule has 0 N–H and O–H groups in total. The lowest BCUT2D eigenvalue weighted by molar-refractivity contribution is -0.110. The molecular weight excluding hydrogens is 595 g/mol. The highest BCUT2D eigenvalue weighted by atomic mass is 32.2. The average molecular weight is 652 g/mol. The van der Waals surface area contributed by atoms with E-state index in [4.69, 9.17) is 22.4 Å².